The summed E-state index contributed by atoms with van der Waals surface area (Å²) in [5.74, 6) is 0. The quantitative estimate of drug-likeness (QED) is 0.643. The number of hydrogen-bond donors (Lipinski definition) is 0. The third-order valence-corrected chi connectivity index (χ3v) is 3.19. The van der Waals surface area contributed by atoms with Gasteiger partial charge in [-0.1, -0.05) is 13.8 Å². The summed E-state index contributed by atoms with van der Waals surface area (Å²) in [7, 11) is 3.80. The molecule has 0 spiro atoms. The molecule has 0 aromatic carbocycles. The van der Waals surface area contributed by atoms with Gasteiger partial charge in [-0.25, -0.2) is 4.79 Å². The van der Waals surface area contributed by atoms with Gasteiger partial charge in [0.05, 0.1) is 0 Å². The maximum Gasteiger partial charge on any atom is 0.319 e. The lowest BCUT2D eigenvalue weighted by molar-refractivity contribution is 0.0897. The van der Waals surface area contributed by atoms with E-state index in [1.165, 1.54) is 0 Å². The number of rotatable bonds is 2. The van der Waals surface area contributed by atoms with Crippen LogP contribution in [-0.4, -0.2) is 42.0 Å². The molecule has 76 valence electrons. The first-order chi connectivity index (χ1) is 6.11. The highest BCUT2D eigenvalue weighted by Gasteiger charge is 2.33. The highest BCUT2D eigenvalue weighted by molar-refractivity contribution is 5.75. The summed E-state index contributed by atoms with van der Waals surface area (Å²) >= 11 is 0. The van der Waals surface area contributed by atoms with Gasteiger partial charge in [-0.05, 0) is 19.3 Å². The number of amides is 2. The largest absolute Gasteiger partial charge is 0.325 e. The lowest BCUT2D eigenvalue weighted by atomic mass is 9.98. The second kappa shape index (κ2) is 3.99. The number of nitrogens with zero attached hydrogens (tertiary/aromatic N) is 2. The molecule has 1 rings (SSSR count). The molecule has 1 saturated heterocycles. The predicted octanol–water partition coefficient (Wildman–Crippen LogP) is 1.93. The van der Waals surface area contributed by atoms with Crippen molar-refractivity contribution in [2.24, 2.45) is 0 Å². The van der Waals surface area contributed by atoms with Crippen LogP contribution in [0, 0.1) is 0 Å². The van der Waals surface area contributed by atoms with Crippen LogP contribution in [0.3, 0.4) is 0 Å². The van der Waals surface area contributed by atoms with Crippen LogP contribution in [0.1, 0.15) is 33.1 Å². The lowest BCUT2D eigenvalue weighted by Crippen LogP contribution is -2.55. The Balaban J connectivity index is 2.72. The molecule has 2 unspecified atom stereocenters. The van der Waals surface area contributed by atoms with Gasteiger partial charge >= 0.3 is 6.03 Å². The van der Waals surface area contributed by atoms with Gasteiger partial charge in [0.15, 0.2) is 0 Å². The zero-order chi connectivity index (χ0) is 10.0. The van der Waals surface area contributed by atoms with Crippen LogP contribution in [0.5, 0.6) is 0 Å². The molecule has 1 aliphatic rings. The molecule has 1 aliphatic heterocycles. The summed E-state index contributed by atoms with van der Waals surface area (Å²) in [5, 5.41) is 0. The van der Waals surface area contributed by atoms with E-state index in [0.717, 1.165) is 19.3 Å². The molecule has 0 radical (unpaired) electrons. The third kappa shape index (κ3) is 1.79. The molecule has 0 saturated carbocycles. The van der Waals surface area contributed by atoms with Crippen LogP contribution in [-0.2, 0) is 0 Å². The number of hydrogen-bond acceptors (Lipinski definition) is 1. The molecule has 13 heavy (non-hydrogen) atoms. The Labute approximate surface area is 80.7 Å². The number of carbonyl (C=O) groups is 1. The van der Waals surface area contributed by atoms with E-state index in [-0.39, 0.29) is 6.03 Å². The Bertz CT molecular complexity index is 175. The van der Waals surface area contributed by atoms with Gasteiger partial charge < -0.3 is 9.80 Å². The highest BCUT2D eigenvalue weighted by atomic mass is 16.2. The highest BCUT2D eigenvalue weighted by Crippen LogP contribution is 2.22. The average Bonchev–Trinajstić information content (AvgIpc) is 2.15. The van der Waals surface area contributed by atoms with Crippen molar-refractivity contribution in [1.29, 1.82) is 0 Å². The Kier molecular flexibility index (Phi) is 3.17. The zero-order valence-corrected chi connectivity index (χ0v) is 9.08. The first-order valence-corrected chi connectivity index (χ1v) is 5.11. The minimum absolute atomic E-state index is 0.171. The fourth-order valence-electron chi connectivity index (χ4n) is 2.07. The molecule has 2 atom stereocenters. The number of urea groups is 1. The van der Waals surface area contributed by atoms with E-state index in [0.29, 0.717) is 12.1 Å². The van der Waals surface area contributed by atoms with Crippen LogP contribution in [0.15, 0.2) is 0 Å². The minimum atomic E-state index is 0.171. The van der Waals surface area contributed by atoms with E-state index in [2.05, 4.69) is 13.8 Å². The Hall–Kier alpha value is -0.730. The van der Waals surface area contributed by atoms with E-state index >= 15 is 0 Å². The van der Waals surface area contributed by atoms with E-state index < -0.39 is 0 Å². The molecule has 0 bridgehead atoms. The van der Waals surface area contributed by atoms with E-state index in [9.17, 15) is 4.79 Å². The van der Waals surface area contributed by atoms with Crippen LogP contribution in [0.25, 0.3) is 0 Å². The van der Waals surface area contributed by atoms with Gasteiger partial charge in [0.2, 0.25) is 0 Å². The molecule has 0 N–H and O–H groups in total. The first kappa shape index (κ1) is 10.4. The molecule has 0 aliphatic carbocycles. The van der Waals surface area contributed by atoms with Gasteiger partial charge in [-0.15, -0.1) is 0 Å². The van der Waals surface area contributed by atoms with Crippen molar-refractivity contribution in [1.82, 2.24) is 9.80 Å². The lowest BCUT2D eigenvalue weighted by Gasteiger charge is -2.42. The molecule has 3 nitrogen and oxygen atoms in total. The van der Waals surface area contributed by atoms with Gasteiger partial charge in [-0.2, -0.15) is 0 Å². The summed E-state index contributed by atoms with van der Waals surface area (Å²) in [6, 6.07) is 1.05. The van der Waals surface area contributed by atoms with Crippen molar-refractivity contribution >= 4 is 6.03 Å². The van der Waals surface area contributed by atoms with E-state index in [1.807, 2.05) is 23.9 Å². The molecule has 0 aromatic rings. The number of carbonyl (C=O) groups excluding carboxylic acids is 1. The van der Waals surface area contributed by atoms with Gasteiger partial charge in [0.25, 0.3) is 0 Å². The average molecular weight is 184 g/mol. The normalized spacial score (nSPS) is 29.7. The molecule has 2 amide bonds. The fourth-order valence-corrected chi connectivity index (χ4v) is 2.07. The van der Waals surface area contributed by atoms with Crippen molar-refractivity contribution in [3.63, 3.8) is 0 Å². The maximum atomic E-state index is 11.7. The Morgan fingerprint density at radius 3 is 1.85 bits per heavy atom. The van der Waals surface area contributed by atoms with Gasteiger partial charge in [0.1, 0.15) is 0 Å². The van der Waals surface area contributed by atoms with Crippen molar-refractivity contribution in [3.8, 4) is 0 Å². The summed E-state index contributed by atoms with van der Waals surface area (Å²) in [4.78, 5) is 15.4. The molecular formula is C10H20N2O. The van der Waals surface area contributed by atoms with Crippen LogP contribution >= 0.6 is 0 Å². The maximum absolute atomic E-state index is 11.7. The fraction of sp³-hybridized carbons (Fsp3) is 0.900. The molecule has 1 fully saturated rings. The first-order valence-electron chi connectivity index (χ1n) is 5.11. The van der Waals surface area contributed by atoms with Crippen LogP contribution in [0.4, 0.5) is 4.79 Å². The van der Waals surface area contributed by atoms with Crippen molar-refractivity contribution in [2.75, 3.05) is 14.1 Å². The predicted molar refractivity (Wildman–Crippen MR) is 53.7 cm³/mol. The Morgan fingerprint density at radius 2 is 1.54 bits per heavy atom. The van der Waals surface area contributed by atoms with Crippen molar-refractivity contribution in [2.45, 2.75) is 45.2 Å². The third-order valence-electron chi connectivity index (χ3n) is 3.19. The van der Waals surface area contributed by atoms with Gasteiger partial charge in [0, 0.05) is 26.2 Å². The monoisotopic (exact) mass is 184 g/mol. The standard InChI is InChI=1S/C10H20N2O/c1-5-8-7-9(6-2)12(4)10(13)11(8)3/h8-9H,5-7H2,1-4H3. The second-order valence-corrected chi connectivity index (χ2v) is 3.86. The Morgan fingerprint density at radius 1 is 1.15 bits per heavy atom. The molecule has 3 heteroatoms. The summed E-state index contributed by atoms with van der Waals surface area (Å²) in [5.41, 5.74) is 0. The summed E-state index contributed by atoms with van der Waals surface area (Å²) in [6.45, 7) is 4.29. The van der Waals surface area contributed by atoms with Crippen LogP contribution in [0.2, 0.25) is 0 Å². The smallest absolute Gasteiger partial charge is 0.319 e. The molecule has 1 heterocycles. The van der Waals surface area contributed by atoms with E-state index in [4.69, 9.17) is 0 Å². The van der Waals surface area contributed by atoms with Crippen molar-refractivity contribution < 1.29 is 4.79 Å². The van der Waals surface area contributed by atoms with E-state index in [1.54, 1.807) is 0 Å². The minimum Gasteiger partial charge on any atom is -0.325 e. The zero-order valence-electron chi connectivity index (χ0n) is 9.08. The molecular weight excluding hydrogens is 164 g/mol. The second-order valence-electron chi connectivity index (χ2n) is 3.86. The topological polar surface area (TPSA) is 23.6 Å². The summed E-state index contributed by atoms with van der Waals surface area (Å²) < 4.78 is 0. The summed E-state index contributed by atoms with van der Waals surface area (Å²) in [6.07, 6.45) is 3.24. The van der Waals surface area contributed by atoms with Crippen LogP contribution < -0.4 is 0 Å². The molecule has 0 aromatic heterocycles. The SMILES string of the molecule is CCC1CC(CC)N(C)C(=O)N1C. The van der Waals surface area contributed by atoms with Crippen molar-refractivity contribution in [3.05, 3.63) is 0 Å². The van der Waals surface area contributed by atoms with Gasteiger partial charge in [-0.3, -0.25) is 0 Å².